The zero-order valence-corrected chi connectivity index (χ0v) is 19.9. The van der Waals surface area contributed by atoms with Gasteiger partial charge in [0.15, 0.2) is 0 Å². The minimum atomic E-state index is -0.784. The van der Waals surface area contributed by atoms with E-state index in [9.17, 15) is 18.5 Å². The summed E-state index contributed by atoms with van der Waals surface area (Å²) in [6, 6.07) is 8.13. The number of nitrogens with one attached hydrogen (secondary N) is 3. The molecule has 2 aromatic carbocycles. The largest absolute Gasteiger partial charge is 0.380 e. The van der Waals surface area contributed by atoms with Crippen molar-refractivity contribution in [1.29, 1.82) is 0 Å². The highest BCUT2D eigenvalue weighted by molar-refractivity contribution is 6.30. The third kappa shape index (κ3) is 8.44. The predicted octanol–water partition coefficient (Wildman–Crippen LogP) is 4.16. The molecule has 0 aliphatic heterocycles. The van der Waals surface area contributed by atoms with Gasteiger partial charge in [0.25, 0.3) is 5.91 Å². The molecule has 0 saturated carbocycles. The Morgan fingerprint density at radius 2 is 1.85 bits per heavy atom. The minimum absolute atomic E-state index is 0.0141. The van der Waals surface area contributed by atoms with E-state index in [4.69, 9.17) is 16.3 Å². The number of carbonyl (C=O) groups excluding carboxylic acids is 1. The summed E-state index contributed by atoms with van der Waals surface area (Å²) in [4.78, 5) is 28.2. The number of halogens is 3. The highest BCUT2D eigenvalue weighted by Crippen LogP contribution is 2.22. The van der Waals surface area contributed by atoms with E-state index in [-0.39, 0.29) is 29.0 Å². The van der Waals surface area contributed by atoms with Crippen LogP contribution in [0.15, 0.2) is 52.6 Å². The second-order valence-electron chi connectivity index (χ2n) is 7.49. The Hall–Kier alpha value is -2.95. The first-order chi connectivity index (χ1) is 16.3. The first-order valence-corrected chi connectivity index (χ1v) is 11.1. The summed E-state index contributed by atoms with van der Waals surface area (Å²) < 4.78 is 32.4. The molecule has 0 saturated heterocycles. The van der Waals surface area contributed by atoms with Crippen LogP contribution in [0.2, 0.25) is 5.02 Å². The number of rotatable bonds is 11. The van der Waals surface area contributed by atoms with E-state index in [0.29, 0.717) is 18.8 Å². The summed E-state index contributed by atoms with van der Waals surface area (Å²) in [5.41, 5.74) is 0.558. The molecule has 0 aliphatic carbocycles. The second kappa shape index (κ2) is 13.7. The molecule has 2 rings (SSSR count). The molecule has 0 aromatic heterocycles. The van der Waals surface area contributed by atoms with Gasteiger partial charge in [0, 0.05) is 24.6 Å². The highest BCUT2D eigenvalue weighted by atomic mass is 35.5. The molecule has 0 aliphatic rings. The normalized spacial score (nSPS) is 14.2. The van der Waals surface area contributed by atoms with Gasteiger partial charge in [-0.2, -0.15) is 9.90 Å². The van der Waals surface area contributed by atoms with Crippen molar-refractivity contribution in [2.45, 2.75) is 38.5 Å². The van der Waals surface area contributed by atoms with Gasteiger partial charge in [-0.05, 0) is 56.8 Å². The van der Waals surface area contributed by atoms with E-state index in [0.717, 1.165) is 6.07 Å². The molecule has 1 amide bonds. The summed E-state index contributed by atoms with van der Waals surface area (Å²) >= 11 is 5.69. The molecule has 0 heterocycles. The maximum atomic E-state index is 13.8. The Balaban J connectivity index is 2.24. The molecule has 0 fully saturated rings. The molecule has 0 spiro atoms. The molecule has 0 radical (unpaired) electrons. The minimum Gasteiger partial charge on any atom is -0.380 e. The van der Waals surface area contributed by atoms with Gasteiger partial charge in [-0.3, -0.25) is 4.79 Å². The molecular formula is C23H28ClF2N5O3. The lowest BCUT2D eigenvalue weighted by molar-refractivity contribution is 0.100. The van der Waals surface area contributed by atoms with Gasteiger partial charge in [0.05, 0.1) is 17.8 Å². The van der Waals surface area contributed by atoms with Crippen LogP contribution in [0, 0.1) is 16.5 Å². The van der Waals surface area contributed by atoms with Crippen molar-refractivity contribution in [1.82, 2.24) is 16.0 Å². The Morgan fingerprint density at radius 1 is 1.15 bits per heavy atom. The summed E-state index contributed by atoms with van der Waals surface area (Å²) in [5.74, 6) is -1.76. The van der Waals surface area contributed by atoms with Crippen LogP contribution in [0.4, 0.5) is 8.78 Å². The fraction of sp³-hybridized carbons (Fsp3) is 0.391. The van der Waals surface area contributed by atoms with Crippen molar-refractivity contribution in [3.05, 3.63) is 75.2 Å². The maximum Gasteiger partial charge on any atom is 0.280 e. The van der Waals surface area contributed by atoms with Gasteiger partial charge in [-0.1, -0.05) is 28.9 Å². The topological polar surface area (TPSA) is 104 Å². The number of hydrogen-bond acceptors (Lipinski definition) is 5. The van der Waals surface area contributed by atoms with Crippen molar-refractivity contribution >= 4 is 23.5 Å². The number of ether oxygens (including phenoxy) is 1. The Bertz CT molecular complexity index is 991. The summed E-state index contributed by atoms with van der Waals surface area (Å²) in [5, 5.41) is 12.1. The van der Waals surface area contributed by atoms with E-state index < -0.39 is 29.7 Å². The molecule has 184 valence electrons. The molecule has 3 atom stereocenters. The maximum absolute atomic E-state index is 13.8. The van der Waals surface area contributed by atoms with Gasteiger partial charge in [0.2, 0.25) is 5.96 Å². The third-order valence-corrected chi connectivity index (χ3v) is 5.14. The summed E-state index contributed by atoms with van der Waals surface area (Å²) in [6.45, 7) is 4.55. The van der Waals surface area contributed by atoms with Crippen molar-refractivity contribution in [2.75, 3.05) is 20.3 Å². The summed E-state index contributed by atoms with van der Waals surface area (Å²) in [7, 11) is 1.65. The van der Waals surface area contributed by atoms with Gasteiger partial charge < -0.3 is 20.7 Å². The number of nitroso groups, excluding NO2 is 1. The molecule has 0 bridgehead atoms. The third-order valence-electron chi connectivity index (χ3n) is 4.84. The van der Waals surface area contributed by atoms with Crippen LogP contribution in [-0.2, 0) is 4.74 Å². The Morgan fingerprint density at radius 3 is 2.44 bits per heavy atom. The molecule has 11 heteroatoms. The van der Waals surface area contributed by atoms with Crippen molar-refractivity contribution in [3.63, 3.8) is 0 Å². The van der Waals surface area contributed by atoms with E-state index in [1.54, 1.807) is 7.05 Å². The van der Waals surface area contributed by atoms with Crippen LogP contribution in [0.5, 0.6) is 0 Å². The van der Waals surface area contributed by atoms with E-state index in [2.05, 4.69) is 26.1 Å². The highest BCUT2D eigenvalue weighted by Gasteiger charge is 2.21. The van der Waals surface area contributed by atoms with Crippen LogP contribution < -0.4 is 16.0 Å². The molecule has 2 aromatic rings. The second-order valence-corrected chi connectivity index (χ2v) is 7.90. The lowest BCUT2D eigenvalue weighted by Gasteiger charge is -2.25. The van der Waals surface area contributed by atoms with Crippen molar-refractivity contribution < 1.29 is 18.3 Å². The number of carbonyl (C=O) groups is 1. The van der Waals surface area contributed by atoms with Gasteiger partial charge >= 0.3 is 0 Å². The van der Waals surface area contributed by atoms with Crippen LogP contribution in [0.1, 0.15) is 42.2 Å². The molecular weight excluding hydrogens is 468 g/mol. The van der Waals surface area contributed by atoms with Crippen LogP contribution in [-0.4, -0.2) is 44.3 Å². The van der Waals surface area contributed by atoms with Gasteiger partial charge in [0.1, 0.15) is 17.7 Å². The lowest BCUT2D eigenvalue weighted by Crippen LogP contribution is -2.52. The Labute approximate surface area is 202 Å². The fourth-order valence-corrected chi connectivity index (χ4v) is 3.15. The summed E-state index contributed by atoms with van der Waals surface area (Å²) in [6.07, 6.45) is -0.372. The molecule has 2 unspecified atom stereocenters. The zero-order chi connectivity index (χ0) is 25.1. The van der Waals surface area contributed by atoms with Gasteiger partial charge in [-0.15, -0.1) is 0 Å². The number of guanidine groups is 1. The zero-order valence-electron chi connectivity index (χ0n) is 19.1. The van der Waals surface area contributed by atoms with E-state index >= 15 is 0 Å². The SMILES string of the molecule is CCOC[C@H](C)N/C(=N/C(=O)c1ccc(Cl)c(F)c1)NC(CC(N=O)c1ccc(F)cc1)NC. The predicted molar refractivity (Wildman–Crippen MR) is 128 cm³/mol. The van der Waals surface area contributed by atoms with Crippen LogP contribution in [0.3, 0.4) is 0 Å². The van der Waals surface area contributed by atoms with E-state index in [1.807, 2.05) is 13.8 Å². The van der Waals surface area contributed by atoms with Gasteiger partial charge in [-0.25, -0.2) is 8.78 Å². The first-order valence-electron chi connectivity index (χ1n) is 10.7. The van der Waals surface area contributed by atoms with Crippen molar-refractivity contribution in [2.24, 2.45) is 10.2 Å². The number of hydrogen-bond donors (Lipinski definition) is 3. The lowest BCUT2D eigenvalue weighted by atomic mass is 10.0. The number of aliphatic imine (C=N–C) groups is 1. The monoisotopic (exact) mass is 495 g/mol. The first kappa shape index (κ1) is 27.3. The average Bonchev–Trinajstić information content (AvgIpc) is 2.82. The van der Waals surface area contributed by atoms with Crippen LogP contribution in [0.25, 0.3) is 0 Å². The molecule has 8 nitrogen and oxygen atoms in total. The van der Waals surface area contributed by atoms with Crippen LogP contribution >= 0.6 is 11.6 Å². The standard InChI is InChI=1S/C23H28ClF2N5O3/c1-4-34-13-14(2)28-23(30-22(32)16-7-10-18(24)19(26)11-16)29-21(27-3)12-20(31-33)15-5-8-17(25)9-6-15/h5-11,14,20-21,27H,4,12-13H2,1-3H3,(H2,28,29,30,32)/t14-,20?,21?/m0/s1. The van der Waals surface area contributed by atoms with E-state index in [1.165, 1.54) is 36.4 Å². The molecule has 34 heavy (non-hydrogen) atoms. The number of nitrogens with zero attached hydrogens (tertiary/aromatic N) is 2. The number of amides is 1. The van der Waals surface area contributed by atoms with Crippen molar-refractivity contribution in [3.8, 4) is 0 Å². The quantitative estimate of drug-likeness (QED) is 0.187. The number of benzene rings is 2. The molecule has 3 N–H and O–H groups in total. The Kier molecular flexibility index (Phi) is 11.0. The fourth-order valence-electron chi connectivity index (χ4n) is 3.03. The average molecular weight is 496 g/mol. The smallest absolute Gasteiger partial charge is 0.280 e.